The standard InChI is InChI=1S/C12H24/c1-3-5-8-12-10-7-6-9-11(12)4-2/h11-12H,3-10H2,1-2H3. The first-order valence-electron chi connectivity index (χ1n) is 5.88. The van der Waals surface area contributed by atoms with Crippen LogP contribution in [0.1, 0.15) is 65.2 Å². The minimum atomic E-state index is 1.07. The van der Waals surface area contributed by atoms with Gasteiger partial charge >= 0.3 is 0 Å². The highest BCUT2D eigenvalue weighted by Gasteiger charge is 2.22. The summed E-state index contributed by atoms with van der Waals surface area (Å²) in [6, 6.07) is 0. The van der Waals surface area contributed by atoms with E-state index >= 15 is 0 Å². The molecule has 1 aliphatic carbocycles. The van der Waals surface area contributed by atoms with Crippen molar-refractivity contribution in [1.82, 2.24) is 0 Å². The van der Waals surface area contributed by atoms with Crippen LogP contribution in [0.15, 0.2) is 0 Å². The van der Waals surface area contributed by atoms with E-state index in [9.17, 15) is 0 Å². The Bertz CT molecular complexity index is 107. The van der Waals surface area contributed by atoms with E-state index in [0.717, 1.165) is 11.8 Å². The Morgan fingerprint density at radius 2 is 1.67 bits per heavy atom. The molecule has 0 radical (unpaired) electrons. The van der Waals surface area contributed by atoms with Gasteiger partial charge in [0.25, 0.3) is 0 Å². The summed E-state index contributed by atoms with van der Waals surface area (Å²) in [5.74, 6) is 2.16. The zero-order chi connectivity index (χ0) is 8.81. The minimum absolute atomic E-state index is 1.07. The molecule has 0 aliphatic heterocycles. The normalized spacial score (nSPS) is 30.5. The Kier molecular flexibility index (Phi) is 4.72. The zero-order valence-corrected chi connectivity index (χ0v) is 8.81. The van der Waals surface area contributed by atoms with Crippen LogP contribution in [0.2, 0.25) is 0 Å². The smallest absolute Gasteiger partial charge is 0.0386 e. The second-order valence-electron chi connectivity index (χ2n) is 4.36. The molecular weight excluding hydrogens is 144 g/mol. The maximum Gasteiger partial charge on any atom is -0.0386 e. The minimum Gasteiger partial charge on any atom is -0.0654 e. The van der Waals surface area contributed by atoms with Gasteiger partial charge in [0, 0.05) is 0 Å². The first-order chi connectivity index (χ1) is 5.88. The van der Waals surface area contributed by atoms with Crippen LogP contribution >= 0.6 is 0 Å². The van der Waals surface area contributed by atoms with E-state index in [1.54, 1.807) is 0 Å². The van der Waals surface area contributed by atoms with E-state index in [1.165, 1.54) is 51.4 Å². The molecule has 0 heteroatoms. The van der Waals surface area contributed by atoms with Gasteiger partial charge in [-0.2, -0.15) is 0 Å². The summed E-state index contributed by atoms with van der Waals surface area (Å²) >= 11 is 0. The molecule has 0 saturated heterocycles. The molecule has 12 heavy (non-hydrogen) atoms. The zero-order valence-electron chi connectivity index (χ0n) is 8.81. The van der Waals surface area contributed by atoms with E-state index in [1.807, 2.05) is 0 Å². The highest BCUT2D eigenvalue weighted by Crippen LogP contribution is 2.35. The molecule has 2 atom stereocenters. The lowest BCUT2D eigenvalue weighted by Gasteiger charge is -2.30. The van der Waals surface area contributed by atoms with Gasteiger partial charge in [-0.1, -0.05) is 65.2 Å². The third-order valence-electron chi connectivity index (χ3n) is 3.52. The summed E-state index contributed by atoms with van der Waals surface area (Å²) in [5.41, 5.74) is 0. The second-order valence-corrected chi connectivity index (χ2v) is 4.36. The van der Waals surface area contributed by atoms with E-state index in [-0.39, 0.29) is 0 Å². The average Bonchev–Trinajstić information content (AvgIpc) is 2.15. The van der Waals surface area contributed by atoms with Gasteiger partial charge in [-0.05, 0) is 11.8 Å². The summed E-state index contributed by atoms with van der Waals surface area (Å²) < 4.78 is 0. The maximum absolute atomic E-state index is 2.37. The molecule has 1 aliphatic rings. The van der Waals surface area contributed by atoms with Gasteiger partial charge in [-0.15, -0.1) is 0 Å². The lowest BCUT2D eigenvalue weighted by molar-refractivity contribution is 0.214. The number of hydrogen-bond acceptors (Lipinski definition) is 0. The van der Waals surface area contributed by atoms with Gasteiger partial charge in [0.1, 0.15) is 0 Å². The molecule has 1 saturated carbocycles. The van der Waals surface area contributed by atoms with Crippen molar-refractivity contribution in [3.8, 4) is 0 Å². The third kappa shape index (κ3) is 2.80. The van der Waals surface area contributed by atoms with Crippen molar-refractivity contribution >= 4 is 0 Å². The Hall–Kier alpha value is 0. The predicted molar refractivity (Wildman–Crippen MR) is 55.3 cm³/mol. The Labute approximate surface area is 77.7 Å². The van der Waals surface area contributed by atoms with Crippen LogP contribution in [0.3, 0.4) is 0 Å². The summed E-state index contributed by atoms with van der Waals surface area (Å²) in [7, 11) is 0. The van der Waals surface area contributed by atoms with E-state index in [0.29, 0.717) is 0 Å². The summed E-state index contributed by atoms with van der Waals surface area (Å²) in [4.78, 5) is 0. The fraction of sp³-hybridized carbons (Fsp3) is 1.00. The van der Waals surface area contributed by atoms with E-state index in [4.69, 9.17) is 0 Å². The van der Waals surface area contributed by atoms with Gasteiger partial charge in [-0.3, -0.25) is 0 Å². The number of rotatable bonds is 4. The molecule has 0 amide bonds. The van der Waals surface area contributed by atoms with Crippen molar-refractivity contribution in [3.05, 3.63) is 0 Å². The molecule has 0 spiro atoms. The molecule has 2 unspecified atom stereocenters. The monoisotopic (exact) mass is 168 g/mol. The van der Waals surface area contributed by atoms with Crippen molar-refractivity contribution in [3.63, 3.8) is 0 Å². The molecule has 0 N–H and O–H groups in total. The van der Waals surface area contributed by atoms with Crippen LogP contribution in [-0.2, 0) is 0 Å². The highest BCUT2D eigenvalue weighted by atomic mass is 14.3. The molecule has 1 rings (SSSR count). The first kappa shape index (κ1) is 10.1. The van der Waals surface area contributed by atoms with E-state index in [2.05, 4.69) is 13.8 Å². The average molecular weight is 168 g/mol. The van der Waals surface area contributed by atoms with Crippen molar-refractivity contribution < 1.29 is 0 Å². The van der Waals surface area contributed by atoms with Crippen molar-refractivity contribution in [1.29, 1.82) is 0 Å². The molecule has 0 aromatic carbocycles. The van der Waals surface area contributed by atoms with Crippen molar-refractivity contribution in [2.75, 3.05) is 0 Å². The summed E-state index contributed by atoms with van der Waals surface area (Å²) in [6.07, 6.45) is 11.8. The Balaban J connectivity index is 2.26. The van der Waals surface area contributed by atoms with Crippen LogP contribution in [-0.4, -0.2) is 0 Å². The molecule has 0 nitrogen and oxygen atoms in total. The maximum atomic E-state index is 2.37. The summed E-state index contributed by atoms with van der Waals surface area (Å²) in [6.45, 7) is 4.68. The largest absolute Gasteiger partial charge is 0.0654 e. The molecular formula is C12H24. The lowest BCUT2D eigenvalue weighted by atomic mass is 9.75. The van der Waals surface area contributed by atoms with Crippen LogP contribution < -0.4 is 0 Å². The Morgan fingerprint density at radius 1 is 1.00 bits per heavy atom. The predicted octanol–water partition coefficient (Wildman–Crippen LogP) is 4.39. The first-order valence-corrected chi connectivity index (χ1v) is 5.88. The van der Waals surface area contributed by atoms with Gasteiger partial charge in [0.15, 0.2) is 0 Å². The quantitative estimate of drug-likeness (QED) is 0.584. The Morgan fingerprint density at radius 3 is 2.25 bits per heavy atom. The SMILES string of the molecule is CCCCC1CCCCC1CC. The number of hydrogen-bond donors (Lipinski definition) is 0. The fourth-order valence-corrected chi connectivity index (χ4v) is 2.67. The highest BCUT2D eigenvalue weighted by molar-refractivity contribution is 4.74. The van der Waals surface area contributed by atoms with Crippen LogP contribution in [0.5, 0.6) is 0 Å². The van der Waals surface area contributed by atoms with Gasteiger partial charge < -0.3 is 0 Å². The molecule has 0 bridgehead atoms. The van der Waals surface area contributed by atoms with Crippen molar-refractivity contribution in [2.24, 2.45) is 11.8 Å². The van der Waals surface area contributed by atoms with Crippen LogP contribution in [0, 0.1) is 11.8 Å². The van der Waals surface area contributed by atoms with Crippen LogP contribution in [0.4, 0.5) is 0 Å². The van der Waals surface area contributed by atoms with Gasteiger partial charge in [0.2, 0.25) is 0 Å². The molecule has 0 aromatic rings. The summed E-state index contributed by atoms with van der Waals surface area (Å²) in [5, 5.41) is 0. The topological polar surface area (TPSA) is 0 Å². The van der Waals surface area contributed by atoms with Gasteiger partial charge in [-0.25, -0.2) is 0 Å². The van der Waals surface area contributed by atoms with Gasteiger partial charge in [0.05, 0.1) is 0 Å². The molecule has 0 aromatic heterocycles. The lowest BCUT2D eigenvalue weighted by Crippen LogP contribution is -2.18. The van der Waals surface area contributed by atoms with Crippen LogP contribution in [0.25, 0.3) is 0 Å². The second kappa shape index (κ2) is 5.61. The van der Waals surface area contributed by atoms with E-state index < -0.39 is 0 Å². The third-order valence-corrected chi connectivity index (χ3v) is 3.52. The molecule has 0 heterocycles. The fourth-order valence-electron chi connectivity index (χ4n) is 2.67. The van der Waals surface area contributed by atoms with Crippen molar-refractivity contribution in [2.45, 2.75) is 65.2 Å². The number of unbranched alkanes of at least 4 members (excludes halogenated alkanes) is 1. The molecule has 1 fully saturated rings. The molecule has 72 valence electrons.